The Morgan fingerprint density at radius 3 is 2.07 bits per heavy atom. The molecule has 0 amide bonds. The van der Waals surface area contributed by atoms with E-state index < -0.39 is 0 Å². The Morgan fingerprint density at radius 1 is 1.20 bits per heavy atom. The van der Waals surface area contributed by atoms with Crippen LogP contribution in [0.5, 0.6) is 0 Å². The van der Waals surface area contributed by atoms with Gasteiger partial charge in [-0.05, 0) is 45.3 Å². The molecular weight excluding hydrogens is 181 g/mol. The van der Waals surface area contributed by atoms with Crippen LogP contribution in [0.3, 0.4) is 0 Å². The molecule has 0 aromatic heterocycles. The van der Waals surface area contributed by atoms with Gasteiger partial charge in [0.05, 0.1) is 0 Å². The van der Waals surface area contributed by atoms with Crippen molar-refractivity contribution in [3.8, 4) is 0 Å². The molecule has 0 aromatic carbocycles. The molecule has 0 bridgehead atoms. The highest BCUT2D eigenvalue weighted by atomic mass is 15.1. The number of nitrogens with zero attached hydrogens (tertiary/aromatic N) is 1. The van der Waals surface area contributed by atoms with Crippen LogP contribution in [0.15, 0.2) is 11.3 Å². The first-order valence-electron chi connectivity index (χ1n) is 6.30. The Morgan fingerprint density at radius 2 is 1.73 bits per heavy atom. The summed E-state index contributed by atoms with van der Waals surface area (Å²) >= 11 is 0. The zero-order valence-corrected chi connectivity index (χ0v) is 11.5. The minimum atomic E-state index is 0.640. The van der Waals surface area contributed by atoms with E-state index in [0.29, 0.717) is 6.04 Å². The predicted octanol–water partition coefficient (Wildman–Crippen LogP) is 3.44. The topological polar surface area (TPSA) is 3.24 Å². The van der Waals surface area contributed by atoms with E-state index in [9.17, 15) is 0 Å². The lowest BCUT2D eigenvalue weighted by Crippen LogP contribution is -2.30. The first kappa shape index (κ1) is 12.7. The summed E-state index contributed by atoms with van der Waals surface area (Å²) in [5.41, 5.74) is 3.12. The SMILES string of the molecule is CC(C)=C1C(C(C)C)C(C)BN1C(C)C. The highest BCUT2D eigenvalue weighted by molar-refractivity contribution is 6.36. The van der Waals surface area contributed by atoms with E-state index in [2.05, 4.69) is 53.3 Å². The lowest BCUT2D eigenvalue weighted by molar-refractivity contribution is 0.368. The normalized spacial score (nSPS) is 26.5. The second-order valence-corrected chi connectivity index (χ2v) is 5.88. The van der Waals surface area contributed by atoms with Gasteiger partial charge in [-0.3, -0.25) is 0 Å². The van der Waals surface area contributed by atoms with E-state index in [0.717, 1.165) is 17.7 Å². The first-order chi connectivity index (χ1) is 6.86. The summed E-state index contributed by atoms with van der Waals surface area (Å²) in [7, 11) is 1.24. The van der Waals surface area contributed by atoms with Crippen LogP contribution in [0.25, 0.3) is 0 Å². The summed E-state index contributed by atoms with van der Waals surface area (Å²) in [5.74, 6) is 2.32. The van der Waals surface area contributed by atoms with Crippen molar-refractivity contribution in [3.63, 3.8) is 0 Å². The average molecular weight is 207 g/mol. The van der Waals surface area contributed by atoms with E-state index in [-0.39, 0.29) is 0 Å². The van der Waals surface area contributed by atoms with Crippen molar-refractivity contribution >= 4 is 7.41 Å². The molecule has 1 nitrogen and oxygen atoms in total. The molecule has 2 heteroatoms. The molecule has 0 saturated carbocycles. The van der Waals surface area contributed by atoms with Crippen LogP contribution >= 0.6 is 0 Å². The van der Waals surface area contributed by atoms with Crippen LogP contribution in [-0.2, 0) is 0 Å². The first-order valence-corrected chi connectivity index (χ1v) is 6.30. The van der Waals surface area contributed by atoms with Crippen molar-refractivity contribution in [2.75, 3.05) is 0 Å². The molecule has 86 valence electrons. The van der Waals surface area contributed by atoms with Crippen LogP contribution in [-0.4, -0.2) is 18.3 Å². The molecule has 1 heterocycles. The van der Waals surface area contributed by atoms with Gasteiger partial charge in [-0.2, -0.15) is 0 Å². The molecular formula is C13H26BN. The monoisotopic (exact) mass is 207 g/mol. The molecule has 1 saturated heterocycles. The van der Waals surface area contributed by atoms with Gasteiger partial charge >= 0.3 is 0 Å². The van der Waals surface area contributed by atoms with Crippen LogP contribution in [0.4, 0.5) is 0 Å². The maximum absolute atomic E-state index is 2.60. The van der Waals surface area contributed by atoms with Gasteiger partial charge in [-0.1, -0.05) is 26.3 Å². The summed E-state index contributed by atoms with van der Waals surface area (Å²) in [4.78, 5) is 2.60. The lowest BCUT2D eigenvalue weighted by atomic mass is 9.70. The van der Waals surface area contributed by atoms with E-state index >= 15 is 0 Å². The van der Waals surface area contributed by atoms with Crippen molar-refractivity contribution < 1.29 is 0 Å². The molecule has 1 fully saturated rings. The average Bonchev–Trinajstić information content (AvgIpc) is 2.42. The van der Waals surface area contributed by atoms with Crippen LogP contribution in [0.2, 0.25) is 5.82 Å². The molecule has 0 aliphatic carbocycles. The van der Waals surface area contributed by atoms with Gasteiger partial charge in [0.15, 0.2) is 0 Å². The van der Waals surface area contributed by atoms with Crippen molar-refractivity contribution in [2.24, 2.45) is 11.8 Å². The standard InChI is InChI=1S/C13H26BN/c1-8(2)12-11(7)14-15(10(5)6)13(12)9(3)4/h8,10-12,14H,1-7H3. The number of allylic oxidation sites excluding steroid dienone is 2. The van der Waals surface area contributed by atoms with Crippen molar-refractivity contribution in [3.05, 3.63) is 11.3 Å². The highest BCUT2D eigenvalue weighted by Crippen LogP contribution is 2.42. The Balaban J connectivity index is 3.05. The van der Waals surface area contributed by atoms with Crippen molar-refractivity contribution in [1.82, 2.24) is 4.81 Å². The lowest BCUT2D eigenvalue weighted by Gasteiger charge is -2.30. The van der Waals surface area contributed by atoms with E-state index in [4.69, 9.17) is 0 Å². The van der Waals surface area contributed by atoms with Crippen molar-refractivity contribution in [2.45, 2.75) is 60.3 Å². The zero-order chi connectivity index (χ0) is 11.7. The van der Waals surface area contributed by atoms with Crippen LogP contribution < -0.4 is 0 Å². The van der Waals surface area contributed by atoms with Gasteiger partial charge in [-0.15, -0.1) is 0 Å². The second-order valence-electron chi connectivity index (χ2n) is 5.88. The molecule has 1 aliphatic heterocycles. The molecule has 2 atom stereocenters. The second kappa shape index (κ2) is 4.63. The minimum Gasteiger partial charge on any atom is -0.419 e. The van der Waals surface area contributed by atoms with Gasteiger partial charge in [0.2, 0.25) is 7.41 Å². The summed E-state index contributed by atoms with van der Waals surface area (Å²) in [6.07, 6.45) is 0. The highest BCUT2D eigenvalue weighted by Gasteiger charge is 2.38. The third-order valence-electron chi connectivity index (χ3n) is 3.58. The predicted molar refractivity (Wildman–Crippen MR) is 70.3 cm³/mol. The third-order valence-corrected chi connectivity index (χ3v) is 3.58. The molecule has 0 aromatic rings. The smallest absolute Gasteiger partial charge is 0.239 e. The third kappa shape index (κ3) is 2.40. The number of rotatable bonds is 2. The van der Waals surface area contributed by atoms with Gasteiger partial charge in [0.1, 0.15) is 0 Å². The maximum Gasteiger partial charge on any atom is 0.239 e. The fourth-order valence-electron chi connectivity index (χ4n) is 3.07. The fourth-order valence-corrected chi connectivity index (χ4v) is 3.07. The van der Waals surface area contributed by atoms with E-state index in [1.807, 2.05) is 0 Å². The molecule has 15 heavy (non-hydrogen) atoms. The summed E-state index contributed by atoms with van der Waals surface area (Å²) in [6.45, 7) is 16.2. The fraction of sp³-hybridized carbons (Fsp3) is 0.846. The Kier molecular flexibility index (Phi) is 3.91. The number of hydrogen-bond donors (Lipinski definition) is 0. The molecule has 1 aliphatic rings. The van der Waals surface area contributed by atoms with Gasteiger partial charge in [-0.25, -0.2) is 0 Å². The maximum atomic E-state index is 2.60. The molecule has 0 N–H and O–H groups in total. The van der Waals surface area contributed by atoms with Crippen molar-refractivity contribution in [1.29, 1.82) is 0 Å². The summed E-state index contributed by atoms with van der Waals surface area (Å²) in [5, 5.41) is 0. The number of hydrogen-bond acceptors (Lipinski definition) is 1. The van der Waals surface area contributed by atoms with E-state index in [1.54, 1.807) is 5.70 Å². The molecule has 0 spiro atoms. The molecule has 2 unspecified atom stereocenters. The molecule has 0 radical (unpaired) electrons. The zero-order valence-electron chi connectivity index (χ0n) is 11.5. The summed E-state index contributed by atoms with van der Waals surface area (Å²) in [6, 6.07) is 0.640. The molecule has 1 rings (SSSR count). The van der Waals surface area contributed by atoms with Gasteiger partial charge in [0, 0.05) is 11.7 Å². The minimum absolute atomic E-state index is 0.640. The quantitative estimate of drug-likeness (QED) is 0.627. The van der Waals surface area contributed by atoms with Gasteiger partial charge < -0.3 is 4.81 Å². The largest absolute Gasteiger partial charge is 0.419 e. The summed E-state index contributed by atoms with van der Waals surface area (Å²) < 4.78 is 0. The van der Waals surface area contributed by atoms with Crippen LogP contribution in [0.1, 0.15) is 48.5 Å². The van der Waals surface area contributed by atoms with E-state index in [1.165, 1.54) is 13.0 Å². The van der Waals surface area contributed by atoms with Crippen LogP contribution in [0, 0.1) is 11.8 Å². The Labute approximate surface area is 96.2 Å². The Bertz CT molecular complexity index is 251. The Hall–Kier alpha value is -0.395. The van der Waals surface area contributed by atoms with Gasteiger partial charge in [0.25, 0.3) is 0 Å².